The molecule has 3 rings (SSSR count). The molecule has 2 N–H and O–H groups in total. The summed E-state index contributed by atoms with van der Waals surface area (Å²) in [5, 5.41) is 11.9. The molecule has 2 unspecified atom stereocenters. The van der Waals surface area contributed by atoms with Gasteiger partial charge in [0.15, 0.2) is 5.69 Å². The number of amides is 1. The number of fused-ring (bicyclic) bond motifs is 1. The Morgan fingerprint density at radius 3 is 2.77 bits per heavy atom. The van der Waals surface area contributed by atoms with Gasteiger partial charge in [0.05, 0.1) is 13.5 Å². The summed E-state index contributed by atoms with van der Waals surface area (Å²) < 4.78 is 4.69. The highest BCUT2D eigenvalue weighted by Gasteiger charge is 2.36. The number of carboxylic acids is 1. The largest absolute Gasteiger partial charge is 0.477 e. The van der Waals surface area contributed by atoms with Gasteiger partial charge in [-0.1, -0.05) is 18.2 Å². The van der Waals surface area contributed by atoms with E-state index < -0.39 is 11.9 Å². The van der Waals surface area contributed by atoms with Crippen LogP contribution < -0.4 is 5.32 Å². The van der Waals surface area contributed by atoms with Crippen molar-refractivity contribution < 1.29 is 24.2 Å². The fourth-order valence-corrected chi connectivity index (χ4v) is 3.46. The molecule has 3 atom stereocenters. The van der Waals surface area contributed by atoms with Crippen LogP contribution in [0.4, 0.5) is 0 Å². The molecule has 0 radical (unpaired) electrons. The first kappa shape index (κ1) is 17.8. The van der Waals surface area contributed by atoms with Gasteiger partial charge in [-0.05, 0) is 24.3 Å². The van der Waals surface area contributed by atoms with E-state index in [1.54, 1.807) is 0 Å². The predicted octanol–water partition coefficient (Wildman–Crippen LogP) is 1.36. The van der Waals surface area contributed by atoms with E-state index in [-0.39, 0.29) is 41.7 Å². The summed E-state index contributed by atoms with van der Waals surface area (Å²) >= 11 is 0. The second kappa shape index (κ2) is 7.47. The molecular weight excluding hydrogens is 338 g/mol. The fraction of sp³-hybridized carbons (Fsp3) is 0.389. The second-order valence-corrected chi connectivity index (χ2v) is 6.35. The highest BCUT2D eigenvalue weighted by molar-refractivity contribution is 5.95. The van der Waals surface area contributed by atoms with Crippen molar-refractivity contribution in [1.29, 1.82) is 0 Å². The summed E-state index contributed by atoms with van der Waals surface area (Å²) in [4.78, 5) is 42.2. The van der Waals surface area contributed by atoms with Crippen LogP contribution in [0.25, 0.3) is 0 Å². The van der Waals surface area contributed by atoms with Crippen molar-refractivity contribution in [2.45, 2.75) is 25.3 Å². The van der Waals surface area contributed by atoms with E-state index in [0.717, 1.165) is 30.8 Å². The van der Waals surface area contributed by atoms with Crippen molar-refractivity contribution in [2.24, 2.45) is 11.8 Å². The molecule has 1 aromatic heterocycles. The molecule has 1 saturated carbocycles. The summed E-state index contributed by atoms with van der Waals surface area (Å²) in [6.45, 7) is 0. The summed E-state index contributed by atoms with van der Waals surface area (Å²) in [5.41, 5.74) is 0.733. The lowest BCUT2D eigenvalue weighted by Gasteiger charge is -2.24. The molecule has 2 aliphatic carbocycles. The van der Waals surface area contributed by atoms with Crippen LogP contribution in [0.1, 0.15) is 40.2 Å². The number of nitrogens with one attached hydrogen (secondary N) is 1. The topological polar surface area (TPSA) is 118 Å². The number of carbonyl (C=O) groups excluding carboxylic acids is 2. The van der Waals surface area contributed by atoms with Gasteiger partial charge >= 0.3 is 11.9 Å². The lowest BCUT2D eigenvalue weighted by molar-refractivity contribution is -0.139. The van der Waals surface area contributed by atoms with Crippen molar-refractivity contribution >= 4 is 17.8 Å². The maximum absolute atomic E-state index is 12.4. The van der Waals surface area contributed by atoms with Gasteiger partial charge < -0.3 is 15.2 Å². The maximum atomic E-state index is 12.4. The van der Waals surface area contributed by atoms with Crippen molar-refractivity contribution in [3.63, 3.8) is 0 Å². The Hall–Kier alpha value is -3.03. The van der Waals surface area contributed by atoms with Crippen molar-refractivity contribution in [3.8, 4) is 0 Å². The third-order valence-corrected chi connectivity index (χ3v) is 4.74. The quantitative estimate of drug-likeness (QED) is 0.764. The van der Waals surface area contributed by atoms with E-state index in [1.807, 2.05) is 12.2 Å². The molecule has 0 saturated heterocycles. The number of carbonyl (C=O) groups is 3. The number of ether oxygens (including phenoxy) is 1. The maximum Gasteiger partial charge on any atom is 0.354 e. The first-order valence-corrected chi connectivity index (χ1v) is 8.30. The lowest BCUT2D eigenvalue weighted by atomic mass is 9.86. The molecule has 8 nitrogen and oxygen atoms in total. The first-order chi connectivity index (χ1) is 12.5. The van der Waals surface area contributed by atoms with Gasteiger partial charge in [0.2, 0.25) is 0 Å². The molecular formula is C18H19N3O5. The summed E-state index contributed by atoms with van der Waals surface area (Å²) in [7, 11) is 1.36. The molecule has 2 aliphatic rings. The Labute approximate surface area is 150 Å². The van der Waals surface area contributed by atoms with Gasteiger partial charge in [-0.3, -0.25) is 9.59 Å². The van der Waals surface area contributed by atoms with E-state index in [2.05, 4.69) is 26.1 Å². The van der Waals surface area contributed by atoms with Gasteiger partial charge in [0.25, 0.3) is 5.91 Å². The molecule has 136 valence electrons. The number of hydrogen-bond acceptors (Lipinski definition) is 6. The Balaban J connectivity index is 1.65. The molecule has 26 heavy (non-hydrogen) atoms. The molecule has 0 spiro atoms. The van der Waals surface area contributed by atoms with Gasteiger partial charge in [-0.2, -0.15) is 0 Å². The normalized spacial score (nSPS) is 23.7. The number of methoxy groups -OCH3 is 1. The summed E-state index contributed by atoms with van der Waals surface area (Å²) in [6, 6.07) is 1.10. The van der Waals surface area contributed by atoms with E-state index in [1.165, 1.54) is 7.11 Å². The Morgan fingerprint density at radius 1 is 1.27 bits per heavy atom. The predicted molar refractivity (Wildman–Crippen MR) is 90.3 cm³/mol. The van der Waals surface area contributed by atoms with Crippen LogP contribution in [0.2, 0.25) is 0 Å². The Morgan fingerprint density at radius 2 is 2.04 bits per heavy atom. The van der Waals surface area contributed by atoms with E-state index in [4.69, 9.17) is 5.11 Å². The second-order valence-electron chi connectivity index (χ2n) is 6.35. The highest BCUT2D eigenvalue weighted by atomic mass is 16.5. The number of aromatic carboxylic acids is 1. The standard InChI is InChI=1S/C18H19N3O5/c1-26-16(22)7-10-2-4-12-11(6-10)3-5-13(12)21-17(23)14-8-15(18(24)25)20-9-19-14/h2,4,6,8-9,11-13H,3,5,7H2,1H3,(H,21,23)(H,24,25)/t11?,12?,13-/m0/s1. The Bertz CT molecular complexity index is 802. The highest BCUT2D eigenvalue weighted by Crippen LogP contribution is 2.38. The minimum atomic E-state index is -1.21. The van der Waals surface area contributed by atoms with Gasteiger partial charge in [-0.25, -0.2) is 14.8 Å². The molecule has 1 amide bonds. The molecule has 0 aromatic carbocycles. The van der Waals surface area contributed by atoms with Gasteiger partial charge in [0.1, 0.15) is 12.0 Å². The number of allylic oxidation sites excluding steroid dienone is 2. The molecule has 1 heterocycles. The summed E-state index contributed by atoms with van der Waals surface area (Å²) in [5.74, 6) is -1.51. The monoisotopic (exact) mass is 357 g/mol. The number of esters is 1. The number of hydrogen-bond donors (Lipinski definition) is 2. The minimum Gasteiger partial charge on any atom is -0.477 e. The third kappa shape index (κ3) is 3.79. The van der Waals surface area contributed by atoms with Crippen molar-refractivity contribution in [2.75, 3.05) is 7.11 Å². The fourth-order valence-electron chi connectivity index (χ4n) is 3.46. The van der Waals surface area contributed by atoms with E-state index >= 15 is 0 Å². The molecule has 8 heteroatoms. The number of carboxylic acid groups (broad SMARTS) is 1. The smallest absolute Gasteiger partial charge is 0.354 e. The van der Waals surface area contributed by atoms with Crippen LogP contribution in [0.3, 0.4) is 0 Å². The van der Waals surface area contributed by atoms with Gasteiger partial charge in [-0.15, -0.1) is 0 Å². The SMILES string of the molecule is COC(=O)CC1=CC2CC[C@H](NC(=O)c3cc(C(=O)O)ncn3)C2C=C1. The van der Waals surface area contributed by atoms with Crippen LogP contribution >= 0.6 is 0 Å². The summed E-state index contributed by atoms with van der Waals surface area (Å²) in [6.07, 6.45) is 8.99. The molecule has 0 aliphatic heterocycles. The number of aromatic nitrogens is 2. The molecule has 0 bridgehead atoms. The van der Waals surface area contributed by atoms with Crippen molar-refractivity contribution in [1.82, 2.24) is 15.3 Å². The zero-order chi connectivity index (χ0) is 18.7. The third-order valence-electron chi connectivity index (χ3n) is 4.74. The first-order valence-electron chi connectivity index (χ1n) is 8.30. The minimum absolute atomic E-state index is 0.0301. The molecule has 1 aromatic rings. The number of rotatable bonds is 5. The lowest BCUT2D eigenvalue weighted by Crippen LogP contribution is -2.38. The number of nitrogens with zero attached hydrogens (tertiary/aromatic N) is 2. The van der Waals surface area contributed by atoms with Crippen LogP contribution in [0.5, 0.6) is 0 Å². The average Bonchev–Trinajstić information content (AvgIpc) is 3.03. The van der Waals surface area contributed by atoms with E-state index in [0.29, 0.717) is 0 Å². The average molecular weight is 357 g/mol. The molecule has 1 fully saturated rings. The van der Waals surface area contributed by atoms with Crippen LogP contribution in [-0.4, -0.2) is 46.1 Å². The van der Waals surface area contributed by atoms with E-state index in [9.17, 15) is 14.4 Å². The van der Waals surface area contributed by atoms with Crippen LogP contribution in [-0.2, 0) is 9.53 Å². The zero-order valence-electron chi connectivity index (χ0n) is 14.2. The van der Waals surface area contributed by atoms with Gasteiger partial charge in [0, 0.05) is 18.0 Å². The Kier molecular flexibility index (Phi) is 5.11. The van der Waals surface area contributed by atoms with Crippen molar-refractivity contribution in [3.05, 3.63) is 47.6 Å². The zero-order valence-corrected chi connectivity index (χ0v) is 14.2. The van der Waals surface area contributed by atoms with Crippen LogP contribution in [0, 0.1) is 11.8 Å². The van der Waals surface area contributed by atoms with Crippen LogP contribution in [0.15, 0.2) is 36.2 Å².